The van der Waals surface area contributed by atoms with E-state index in [0.29, 0.717) is 16.3 Å². The molecule has 24 heavy (non-hydrogen) atoms. The van der Waals surface area contributed by atoms with Crippen LogP contribution in [0.15, 0.2) is 54.6 Å². The van der Waals surface area contributed by atoms with Crippen molar-refractivity contribution in [1.82, 2.24) is 24.8 Å². The maximum atomic E-state index is 13.5. The average Bonchev–Trinajstić information content (AvgIpc) is 3.27. The molecule has 0 spiro atoms. The highest BCUT2D eigenvalue weighted by Gasteiger charge is 2.15. The fourth-order valence-electron chi connectivity index (χ4n) is 2.72. The number of aromatic nitrogens is 5. The molecule has 0 aliphatic heterocycles. The van der Waals surface area contributed by atoms with Gasteiger partial charge in [0.25, 0.3) is 0 Å². The zero-order valence-corrected chi connectivity index (χ0v) is 13.1. The highest BCUT2D eigenvalue weighted by molar-refractivity contribution is 7.19. The Morgan fingerprint density at radius 3 is 2.79 bits per heavy atom. The van der Waals surface area contributed by atoms with E-state index in [4.69, 9.17) is 0 Å². The number of para-hydroxylation sites is 1. The van der Waals surface area contributed by atoms with Crippen LogP contribution in [0.2, 0.25) is 0 Å². The molecule has 5 nitrogen and oxygen atoms in total. The van der Waals surface area contributed by atoms with Crippen LogP contribution in [0.4, 0.5) is 4.39 Å². The lowest BCUT2D eigenvalue weighted by Gasteiger charge is -1.96. The minimum absolute atomic E-state index is 0.310. The molecule has 1 N–H and O–H groups in total. The molecule has 0 atom stereocenters. The first-order valence-electron chi connectivity index (χ1n) is 7.34. The summed E-state index contributed by atoms with van der Waals surface area (Å²) in [4.78, 5) is 4.03. The Labute approximate surface area is 139 Å². The Kier molecular flexibility index (Phi) is 2.77. The third-order valence-electron chi connectivity index (χ3n) is 3.83. The summed E-state index contributed by atoms with van der Waals surface area (Å²) in [6, 6.07) is 16.4. The Hall–Kier alpha value is -3.06. The SMILES string of the molecule is Fc1cccc(-c2nnc3sc(-c4cc5ccccc5[nH]4)nn23)c1. The second-order valence-electron chi connectivity index (χ2n) is 5.41. The number of halogens is 1. The number of nitrogens with one attached hydrogen (secondary N) is 1. The highest BCUT2D eigenvalue weighted by atomic mass is 32.1. The van der Waals surface area contributed by atoms with Gasteiger partial charge in [0.1, 0.15) is 5.82 Å². The summed E-state index contributed by atoms with van der Waals surface area (Å²) in [6.07, 6.45) is 0. The van der Waals surface area contributed by atoms with E-state index in [1.807, 2.05) is 24.3 Å². The number of rotatable bonds is 2. The summed E-state index contributed by atoms with van der Waals surface area (Å²) in [5.74, 6) is 0.221. The van der Waals surface area contributed by atoms with Gasteiger partial charge in [-0.05, 0) is 24.3 Å². The minimum atomic E-state index is -0.310. The van der Waals surface area contributed by atoms with E-state index < -0.39 is 0 Å². The first-order chi connectivity index (χ1) is 11.8. The normalized spacial score (nSPS) is 11.5. The van der Waals surface area contributed by atoms with Crippen molar-refractivity contribution in [3.63, 3.8) is 0 Å². The van der Waals surface area contributed by atoms with E-state index in [1.54, 1.807) is 16.6 Å². The Morgan fingerprint density at radius 1 is 1.00 bits per heavy atom. The lowest BCUT2D eigenvalue weighted by molar-refractivity contribution is 0.628. The van der Waals surface area contributed by atoms with Crippen molar-refractivity contribution < 1.29 is 4.39 Å². The molecule has 0 saturated carbocycles. The summed E-state index contributed by atoms with van der Waals surface area (Å²) in [7, 11) is 0. The molecular formula is C17H10FN5S. The number of benzene rings is 2. The zero-order valence-electron chi connectivity index (χ0n) is 12.3. The Morgan fingerprint density at radius 2 is 1.92 bits per heavy atom. The van der Waals surface area contributed by atoms with Crippen molar-refractivity contribution in [1.29, 1.82) is 0 Å². The van der Waals surface area contributed by atoms with Crippen LogP contribution in [0.25, 0.3) is 38.0 Å². The van der Waals surface area contributed by atoms with Gasteiger partial charge in [-0.25, -0.2) is 4.39 Å². The average molecular weight is 335 g/mol. The maximum absolute atomic E-state index is 13.5. The van der Waals surface area contributed by atoms with Gasteiger partial charge in [0, 0.05) is 16.5 Å². The van der Waals surface area contributed by atoms with E-state index in [2.05, 4.69) is 26.3 Å². The lowest BCUT2D eigenvalue weighted by atomic mass is 10.2. The molecule has 0 aliphatic carbocycles. The monoisotopic (exact) mass is 335 g/mol. The standard InChI is InChI=1S/C17H10FN5S/c18-12-6-3-5-11(8-12)15-20-21-17-23(15)22-16(24-17)14-9-10-4-1-2-7-13(10)19-14/h1-9,19H. The number of nitrogens with zero attached hydrogens (tertiary/aromatic N) is 4. The quantitative estimate of drug-likeness (QED) is 0.527. The van der Waals surface area contributed by atoms with Gasteiger partial charge in [-0.2, -0.15) is 9.61 Å². The predicted octanol–water partition coefficient (Wildman–Crippen LogP) is 4.14. The van der Waals surface area contributed by atoms with Crippen molar-refractivity contribution in [2.24, 2.45) is 0 Å². The van der Waals surface area contributed by atoms with Crippen molar-refractivity contribution in [3.05, 3.63) is 60.4 Å². The summed E-state index contributed by atoms with van der Waals surface area (Å²) < 4.78 is 15.1. The van der Waals surface area contributed by atoms with Gasteiger partial charge in [-0.1, -0.05) is 41.7 Å². The van der Waals surface area contributed by atoms with Gasteiger partial charge in [-0.3, -0.25) is 0 Å². The Balaban J connectivity index is 1.66. The first kappa shape index (κ1) is 13.4. The number of H-pyrrole nitrogens is 1. The maximum Gasteiger partial charge on any atom is 0.235 e. The highest BCUT2D eigenvalue weighted by Crippen LogP contribution is 2.29. The van der Waals surface area contributed by atoms with Crippen LogP contribution in [0.5, 0.6) is 0 Å². The third kappa shape index (κ3) is 2.02. The summed E-state index contributed by atoms with van der Waals surface area (Å²) in [6.45, 7) is 0. The second-order valence-corrected chi connectivity index (χ2v) is 6.36. The van der Waals surface area contributed by atoms with Crippen molar-refractivity contribution in [2.45, 2.75) is 0 Å². The molecule has 7 heteroatoms. The van der Waals surface area contributed by atoms with Gasteiger partial charge < -0.3 is 4.98 Å². The predicted molar refractivity (Wildman–Crippen MR) is 91.3 cm³/mol. The minimum Gasteiger partial charge on any atom is -0.353 e. The van der Waals surface area contributed by atoms with Crippen LogP contribution in [0.3, 0.4) is 0 Å². The second kappa shape index (κ2) is 4.97. The molecule has 0 unspecified atom stereocenters. The molecule has 0 bridgehead atoms. The third-order valence-corrected chi connectivity index (χ3v) is 4.77. The van der Waals surface area contributed by atoms with Crippen LogP contribution >= 0.6 is 11.3 Å². The van der Waals surface area contributed by atoms with E-state index in [9.17, 15) is 4.39 Å². The lowest BCUT2D eigenvalue weighted by Crippen LogP contribution is -1.91. The van der Waals surface area contributed by atoms with Crippen LogP contribution in [-0.2, 0) is 0 Å². The molecule has 5 rings (SSSR count). The molecule has 0 radical (unpaired) electrons. The Bertz CT molecular complexity index is 1150. The first-order valence-corrected chi connectivity index (χ1v) is 8.16. The fourth-order valence-corrected chi connectivity index (χ4v) is 3.53. The molecule has 5 aromatic rings. The molecule has 0 saturated heterocycles. The fraction of sp³-hybridized carbons (Fsp3) is 0. The van der Waals surface area contributed by atoms with E-state index in [1.165, 1.54) is 23.5 Å². The molecule has 116 valence electrons. The zero-order chi connectivity index (χ0) is 16.1. The van der Waals surface area contributed by atoms with Gasteiger partial charge in [0.2, 0.25) is 4.96 Å². The van der Waals surface area contributed by atoms with E-state index in [0.717, 1.165) is 21.6 Å². The number of hydrogen-bond donors (Lipinski definition) is 1. The number of aromatic amines is 1. The number of fused-ring (bicyclic) bond motifs is 2. The van der Waals surface area contributed by atoms with E-state index in [-0.39, 0.29) is 5.82 Å². The molecule has 2 aromatic carbocycles. The molecule has 3 heterocycles. The molecule has 3 aromatic heterocycles. The topological polar surface area (TPSA) is 58.9 Å². The smallest absolute Gasteiger partial charge is 0.235 e. The summed E-state index contributed by atoms with van der Waals surface area (Å²) >= 11 is 1.44. The van der Waals surface area contributed by atoms with Crippen LogP contribution in [0.1, 0.15) is 0 Å². The summed E-state index contributed by atoms with van der Waals surface area (Å²) in [5.41, 5.74) is 2.64. The van der Waals surface area contributed by atoms with Gasteiger partial charge in [0.05, 0.1) is 5.69 Å². The summed E-state index contributed by atoms with van der Waals surface area (Å²) in [5, 5.41) is 14.8. The molecule has 0 aliphatic rings. The largest absolute Gasteiger partial charge is 0.353 e. The van der Waals surface area contributed by atoms with Crippen LogP contribution in [0, 0.1) is 5.82 Å². The van der Waals surface area contributed by atoms with Gasteiger partial charge >= 0.3 is 0 Å². The van der Waals surface area contributed by atoms with Gasteiger partial charge in [0.15, 0.2) is 10.8 Å². The van der Waals surface area contributed by atoms with Crippen LogP contribution < -0.4 is 0 Å². The van der Waals surface area contributed by atoms with Crippen molar-refractivity contribution in [2.75, 3.05) is 0 Å². The molecule has 0 amide bonds. The van der Waals surface area contributed by atoms with Crippen LogP contribution in [-0.4, -0.2) is 24.8 Å². The van der Waals surface area contributed by atoms with Gasteiger partial charge in [-0.15, -0.1) is 10.2 Å². The molecule has 0 fully saturated rings. The van der Waals surface area contributed by atoms with E-state index >= 15 is 0 Å². The van der Waals surface area contributed by atoms with Crippen molar-refractivity contribution in [3.8, 4) is 22.1 Å². The number of hydrogen-bond acceptors (Lipinski definition) is 4. The van der Waals surface area contributed by atoms with Crippen molar-refractivity contribution >= 4 is 27.2 Å². The molecular weight excluding hydrogens is 325 g/mol.